The first-order valence-electron chi connectivity index (χ1n) is 11.9. The summed E-state index contributed by atoms with van der Waals surface area (Å²) in [6, 6.07) is 2.28. The third kappa shape index (κ3) is 3.26. The number of imide groups is 1. The van der Waals surface area contributed by atoms with Crippen molar-refractivity contribution >= 4 is 29.6 Å². The molecule has 13 nitrogen and oxygen atoms in total. The van der Waals surface area contributed by atoms with Crippen LogP contribution < -0.4 is 22.1 Å². The predicted molar refractivity (Wildman–Crippen MR) is 128 cm³/mol. The van der Waals surface area contributed by atoms with Crippen LogP contribution in [0.15, 0.2) is 28.2 Å². The van der Waals surface area contributed by atoms with Crippen molar-refractivity contribution in [2.75, 3.05) is 13.1 Å². The number of aliphatic hydroxyl groups is 2. The number of aliphatic imine (C=N–C) groups is 2. The largest absolute Gasteiger partial charge is 0.370 e. The normalized spacial score (nSPS) is 30.5. The van der Waals surface area contributed by atoms with Crippen LogP contribution in [0.4, 0.5) is 0 Å². The molecule has 4 atom stereocenters. The molecule has 0 radical (unpaired) electrons. The second-order valence-electron chi connectivity index (χ2n) is 9.62. The molecule has 1 aromatic carbocycles. The van der Waals surface area contributed by atoms with Gasteiger partial charge in [-0.3, -0.25) is 19.3 Å². The summed E-state index contributed by atoms with van der Waals surface area (Å²) in [5.74, 6) is -3.88. The lowest BCUT2D eigenvalue weighted by atomic mass is 9.84. The van der Waals surface area contributed by atoms with E-state index in [0.717, 1.165) is 16.0 Å². The number of likely N-dealkylation sites (tertiary alicyclic amines) is 1. The monoisotopic (exact) mass is 498 g/mol. The Hall–Kier alpha value is -3.71. The van der Waals surface area contributed by atoms with E-state index < -0.39 is 35.5 Å². The fourth-order valence-electron chi connectivity index (χ4n) is 5.87. The highest BCUT2D eigenvalue weighted by atomic mass is 16.5. The molecule has 192 valence electrons. The molecule has 5 rings (SSSR count). The first kappa shape index (κ1) is 24.0. The number of guanidine groups is 2. The van der Waals surface area contributed by atoms with Crippen LogP contribution in [-0.2, 0) is 16.0 Å². The Balaban J connectivity index is 1.47. The summed E-state index contributed by atoms with van der Waals surface area (Å²) < 4.78 is 0. The van der Waals surface area contributed by atoms with E-state index in [1.54, 1.807) is 12.1 Å². The number of nitrogens with two attached hydrogens (primary N) is 2. The number of aryl methyl sites for hydroxylation is 1. The van der Waals surface area contributed by atoms with Crippen LogP contribution >= 0.6 is 0 Å². The molecule has 2 saturated heterocycles. The van der Waals surface area contributed by atoms with Gasteiger partial charge in [0.25, 0.3) is 5.91 Å². The highest BCUT2D eigenvalue weighted by Gasteiger charge is 2.73. The van der Waals surface area contributed by atoms with Crippen LogP contribution in [0.2, 0.25) is 0 Å². The molecule has 0 aliphatic carbocycles. The number of carbonyl (C=O) groups excluding carboxylic acids is 3. The van der Waals surface area contributed by atoms with Crippen LogP contribution in [0.5, 0.6) is 0 Å². The summed E-state index contributed by atoms with van der Waals surface area (Å²) in [5, 5.41) is 28.7. The third-order valence-electron chi connectivity index (χ3n) is 7.64. The molecule has 2 unspecified atom stereocenters. The van der Waals surface area contributed by atoms with Crippen LogP contribution in [0, 0.1) is 6.92 Å². The number of rotatable bonds is 5. The standard InChI is InChI=1S/C23H30N8O5/c1-3-12-11(2)5-4-6-13(12)19(34)27-15-10-31-21(25)26-14(9-30-16(32)7-8-17(30)33)18-22(31,23(15,35)36)29-20(24)28-18/h4-6,14-15,18,35-36H,3,7-10H2,1-2H3,(H2,25,26)(H,27,34)(H3,24,28,29)/t14-,15?,18-,22?/m0/s1. The number of carbonyl (C=O) groups is 3. The SMILES string of the molecule is CCc1c(C)cccc1C(=O)NC1CN2C(N)=N[C@@H](CN3C(=O)CCC3=O)[C@@H]3N=C(N)NC32C1(O)O. The quantitative estimate of drug-likeness (QED) is 0.187. The van der Waals surface area contributed by atoms with Gasteiger partial charge in [0.05, 0.1) is 12.6 Å². The van der Waals surface area contributed by atoms with Gasteiger partial charge in [-0.25, -0.2) is 9.98 Å². The highest BCUT2D eigenvalue weighted by Crippen LogP contribution is 2.45. The average molecular weight is 499 g/mol. The predicted octanol–water partition coefficient (Wildman–Crippen LogP) is -2.52. The third-order valence-corrected chi connectivity index (χ3v) is 7.64. The molecule has 2 fully saturated rings. The maximum atomic E-state index is 13.3. The van der Waals surface area contributed by atoms with Gasteiger partial charge < -0.3 is 37.2 Å². The van der Waals surface area contributed by atoms with Crippen molar-refractivity contribution in [3.8, 4) is 0 Å². The highest BCUT2D eigenvalue weighted by molar-refractivity contribution is 6.02. The number of nitrogens with zero attached hydrogens (tertiary/aromatic N) is 4. The minimum Gasteiger partial charge on any atom is -0.370 e. The lowest BCUT2D eigenvalue weighted by molar-refractivity contribution is -0.230. The van der Waals surface area contributed by atoms with Crippen molar-refractivity contribution < 1.29 is 24.6 Å². The van der Waals surface area contributed by atoms with Gasteiger partial charge in [0.15, 0.2) is 17.6 Å². The number of hydrogen-bond acceptors (Lipinski definition) is 11. The molecule has 1 spiro atoms. The molecular formula is C23H30N8O5. The van der Waals surface area contributed by atoms with E-state index in [1.165, 1.54) is 4.90 Å². The molecule has 36 heavy (non-hydrogen) atoms. The zero-order valence-corrected chi connectivity index (χ0v) is 20.1. The molecule has 3 amide bonds. The Bertz CT molecular complexity index is 1200. The van der Waals surface area contributed by atoms with E-state index in [4.69, 9.17) is 11.5 Å². The summed E-state index contributed by atoms with van der Waals surface area (Å²) in [4.78, 5) is 49.0. The molecule has 8 N–H and O–H groups in total. The van der Waals surface area contributed by atoms with Gasteiger partial charge >= 0.3 is 0 Å². The zero-order valence-electron chi connectivity index (χ0n) is 20.1. The number of nitrogens with one attached hydrogen (secondary N) is 2. The summed E-state index contributed by atoms with van der Waals surface area (Å²) in [5.41, 5.74) is 12.7. The van der Waals surface area contributed by atoms with Gasteiger partial charge in [0, 0.05) is 24.9 Å². The van der Waals surface area contributed by atoms with Crippen molar-refractivity contribution in [2.24, 2.45) is 21.5 Å². The second-order valence-corrected chi connectivity index (χ2v) is 9.62. The number of amides is 3. The van der Waals surface area contributed by atoms with E-state index in [9.17, 15) is 24.6 Å². The summed E-state index contributed by atoms with van der Waals surface area (Å²) in [6.07, 6.45) is 0.836. The molecule has 4 heterocycles. The second kappa shape index (κ2) is 8.17. The minimum atomic E-state index is -2.61. The van der Waals surface area contributed by atoms with Gasteiger partial charge in [0.1, 0.15) is 12.1 Å². The fourth-order valence-corrected chi connectivity index (χ4v) is 5.87. The summed E-state index contributed by atoms with van der Waals surface area (Å²) >= 11 is 0. The lowest BCUT2D eigenvalue weighted by Crippen LogP contribution is -2.78. The Morgan fingerprint density at radius 3 is 2.58 bits per heavy atom. The molecule has 1 aromatic rings. The van der Waals surface area contributed by atoms with Crippen LogP contribution in [-0.4, -0.2) is 92.3 Å². The van der Waals surface area contributed by atoms with Crippen molar-refractivity contribution in [3.05, 3.63) is 34.9 Å². The Kier molecular flexibility index (Phi) is 5.45. The van der Waals surface area contributed by atoms with Gasteiger partial charge in [-0.15, -0.1) is 0 Å². The van der Waals surface area contributed by atoms with Gasteiger partial charge in [0.2, 0.25) is 17.6 Å². The molecule has 0 saturated carbocycles. The van der Waals surface area contributed by atoms with Crippen LogP contribution in [0.25, 0.3) is 0 Å². The first-order chi connectivity index (χ1) is 17.0. The molecule has 4 aliphatic heterocycles. The smallest absolute Gasteiger partial charge is 0.252 e. The van der Waals surface area contributed by atoms with E-state index >= 15 is 0 Å². The van der Waals surface area contributed by atoms with Gasteiger partial charge in [-0.05, 0) is 30.5 Å². The minimum absolute atomic E-state index is 0.0539. The van der Waals surface area contributed by atoms with Crippen molar-refractivity contribution in [2.45, 2.75) is 62.7 Å². The van der Waals surface area contributed by atoms with Crippen molar-refractivity contribution in [1.29, 1.82) is 0 Å². The molecule has 0 bridgehead atoms. The van der Waals surface area contributed by atoms with Crippen molar-refractivity contribution in [1.82, 2.24) is 20.4 Å². The molecule has 4 aliphatic rings. The Labute approximate surface area is 207 Å². The van der Waals surface area contributed by atoms with E-state index in [1.807, 2.05) is 19.9 Å². The number of benzene rings is 1. The fraction of sp³-hybridized carbons (Fsp3) is 0.522. The van der Waals surface area contributed by atoms with Gasteiger partial charge in [-0.2, -0.15) is 0 Å². The van der Waals surface area contributed by atoms with Gasteiger partial charge in [-0.1, -0.05) is 19.1 Å². The topological polar surface area (TPSA) is 199 Å². The summed E-state index contributed by atoms with van der Waals surface area (Å²) in [7, 11) is 0. The van der Waals surface area contributed by atoms with E-state index in [0.29, 0.717) is 12.0 Å². The Morgan fingerprint density at radius 1 is 1.22 bits per heavy atom. The van der Waals surface area contributed by atoms with Crippen molar-refractivity contribution in [3.63, 3.8) is 0 Å². The number of hydrogen-bond donors (Lipinski definition) is 6. The van der Waals surface area contributed by atoms with E-state index in [-0.39, 0.29) is 49.7 Å². The Morgan fingerprint density at radius 2 is 1.92 bits per heavy atom. The molecule has 0 aromatic heterocycles. The molecule has 13 heteroatoms. The zero-order chi connectivity index (χ0) is 26.0. The average Bonchev–Trinajstić information content (AvgIpc) is 3.41. The first-order valence-corrected chi connectivity index (χ1v) is 11.9. The maximum Gasteiger partial charge on any atom is 0.252 e. The summed E-state index contributed by atoms with van der Waals surface area (Å²) in [6.45, 7) is 3.62. The van der Waals surface area contributed by atoms with Crippen LogP contribution in [0.3, 0.4) is 0 Å². The lowest BCUT2D eigenvalue weighted by Gasteiger charge is -2.49. The molecular weight excluding hydrogens is 468 g/mol. The maximum absolute atomic E-state index is 13.3. The van der Waals surface area contributed by atoms with Crippen LogP contribution in [0.1, 0.15) is 41.3 Å². The van der Waals surface area contributed by atoms with E-state index in [2.05, 4.69) is 20.6 Å².